The van der Waals surface area contributed by atoms with Crippen LogP contribution in [0.2, 0.25) is 0 Å². The molecule has 0 aliphatic heterocycles. The number of aromatic nitrogens is 1. The summed E-state index contributed by atoms with van der Waals surface area (Å²) < 4.78 is 2.43. The highest BCUT2D eigenvalue weighted by Crippen LogP contribution is 2.51. The van der Waals surface area contributed by atoms with Gasteiger partial charge in [0, 0.05) is 38.9 Å². The van der Waals surface area contributed by atoms with Crippen molar-refractivity contribution in [3.63, 3.8) is 0 Å². The predicted molar refractivity (Wildman–Crippen MR) is 241 cm³/mol. The molecule has 0 radical (unpaired) electrons. The van der Waals surface area contributed by atoms with E-state index < -0.39 is 0 Å². The maximum Gasteiger partial charge on any atom is 0.0541 e. The van der Waals surface area contributed by atoms with Gasteiger partial charge in [-0.15, -0.1) is 0 Å². The number of anilines is 3. The summed E-state index contributed by atoms with van der Waals surface area (Å²) in [6.45, 7) is 4.71. The second kappa shape index (κ2) is 13.0. The van der Waals surface area contributed by atoms with Crippen molar-refractivity contribution in [1.29, 1.82) is 0 Å². The highest BCUT2D eigenvalue weighted by molar-refractivity contribution is 6.10. The summed E-state index contributed by atoms with van der Waals surface area (Å²) in [6.07, 6.45) is 0. The van der Waals surface area contributed by atoms with Crippen LogP contribution in [0.5, 0.6) is 0 Å². The van der Waals surface area contributed by atoms with Crippen LogP contribution in [-0.4, -0.2) is 4.57 Å². The van der Waals surface area contributed by atoms with Crippen LogP contribution in [0.15, 0.2) is 206 Å². The van der Waals surface area contributed by atoms with Crippen LogP contribution in [0.1, 0.15) is 25.0 Å². The van der Waals surface area contributed by atoms with Gasteiger partial charge in [-0.2, -0.15) is 0 Å². The van der Waals surface area contributed by atoms with E-state index in [1.807, 2.05) is 0 Å². The molecule has 10 aromatic rings. The summed E-state index contributed by atoms with van der Waals surface area (Å²) in [5.74, 6) is 0. The van der Waals surface area contributed by atoms with Crippen LogP contribution in [0.3, 0.4) is 0 Å². The summed E-state index contributed by atoms with van der Waals surface area (Å²) in [4.78, 5) is 2.43. The summed E-state index contributed by atoms with van der Waals surface area (Å²) in [7, 11) is 0. The Morgan fingerprint density at radius 1 is 0.368 bits per heavy atom. The van der Waals surface area contributed by atoms with Crippen LogP contribution in [-0.2, 0) is 5.41 Å². The minimum absolute atomic E-state index is 0.112. The van der Waals surface area contributed by atoms with Gasteiger partial charge < -0.3 is 9.47 Å². The molecule has 2 nitrogen and oxygen atoms in total. The van der Waals surface area contributed by atoms with Gasteiger partial charge in [0.05, 0.1) is 11.0 Å². The fraction of sp³-hybridized carbons (Fsp3) is 0.0545. The van der Waals surface area contributed by atoms with Gasteiger partial charge in [-0.05, 0) is 116 Å². The van der Waals surface area contributed by atoms with Crippen molar-refractivity contribution in [2.75, 3.05) is 4.90 Å². The summed E-state index contributed by atoms with van der Waals surface area (Å²) in [6, 6.07) is 75.7. The molecule has 0 N–H and O–H groups in total. The Labute approximate surface area is 333 Å². The van der Waals surface area contributed by atoms with Crippen LogP contribution in [0.4, 0.5) is 17.1 Å². The maximum atomic E-state index is 2.43. The topological polar surface area (TPSA) is 8.17 Å². The van der Waals surface area contributed by atoms with Crippen molar-refractivity contribution in [1.82, 2.24) is 4.57 Å². The maximum absolute atomic E-state index is 2.43. The molecule has 0 bridgehead atoms. The zero-order chi connectivity index (χ0) is 38.1. The molecule has 0 spiro atoms. The quantitative estimate of drug-likeness (QED) is 0.165. The Morgan fingerprint density at radius 3 is 1.72 bits per heavy atom. The lowest BCUT2D eigenvalue weighted by atomic mass is 9.82. The molecule has 1 heterocycles. The first kappa shape index (κ1) is 33.2. The smallest absolute Gasteiger partial charge is 0.0541 e. The second-order valence-corrected chi connectivity index (χ2v) is 15.8. The van der Waals surface area contributed by atoms with Gasteiger partial charge in [-0.3, -0.25) is 0 Å². The number of nitrogens with zero attached hydrogens (tertiary/aromatic N) is 2. The van der Waals surface area contributed by atoms with Gasteiger partial charge >= 0.3 is 0 Å². The molecule has 0 saturated carbocycles. The van der Waals surface area contributed by atoms with Crippen LogP contribution in [0.25, 0.3) is 71.6 Å². The van der Waals surface area contributed by atoms with E-state index in [4.69, 9.17) is 0 Å². The first-order valence-corrected chi connectivity index (χ1v) is 19.8. The average molecular weight is 729 g/mol. The van der Waals surface area contributed by atoms with Crippen molar-refractivity contribution in [2.24, 2.45) is 0 Å². The van der Waals surface area contributed by atoms with Crippen molar-refractivity contribution in [3.8, 4) is 39.1 Å². The molecular weight excluding hydrogens is 689 g/mol. The standard InChI is InChI=1S/C55H40N2/c1-55(2)51-24-11-8-21-46(51)47-32-31-43(36-52(47)55)56(41-29-27-38(28-30-41)37-15-4-3-5-16-37)42-19-14-18-40(33-42)50-35-44(34-39-17-6-7-20-45(39)50)57-53-25-12-9-22-48(53)49-23-10-13-26-54(49)57/h3-36H,1-2H3. The molecule has 0 amide bonds. The molecule has 0 fully saturated rings. The molecule has 0 unspecified atom stereocenters. The van der Waals surface area contributed by atoms with E-state index in [-0.39, 0.29) is 5.41 Å². The highest BCUT2D eigenvalue weighted by atomic mass is 15.1. The zero-order valence-electron chi connectivity index (χ0n) is 32.0. The Hall–Kier alpha value is -7.16. The molecule has 270 valence electrons. The van der Waals surface area contributed by atoms with Gasteiger partial charge in [-0.25, -0.2) is 0 Å². The second-order valence-electron chi connectivity index (χ2n) is 15.8. The van der Waals surface area contributed by atoms with E-state index >= 15 is 0 Å². The Bertz CT molecular complexity index is 3100. The first-order chi connectivity index (χ1) is 28.0. The lowest BCUT2D eigenvalue weighted by Crippen LogP contribution is -2.16. The molecule has 1 aliphatic carbocycles. The van der Waals surface area contributed by atoms with Gasteiger partial charge in [0.15, 0.2) is 0 Å². The van der Waals surface area contributed by atoms with Crippen LogP contribution < -0.4 is 4.90 Å². The Kier molecular flexibility index (Phi) is 7.55. The third-order valence-electron chi connectivity index (χ3n) is 12.2. The summed E-state index contributed by atoms with van der Waals surface area (Å²) in [5.41, 5.74) is 17.0. The van der Waals surface area contributed by atoms with Gasteiger partial charge in [0.1, 0.15) is 0 Å². The number of hydrogen-bond donors (Lipinski definition) is 0. The lowest BCUT2D eigenvalue weighted by Gasteiger charge is -2.28. The number of benzene rings is 9. The minimum Gasteiger partial charge on any atom is -0.310 e. The zero-order valence-corrected chi connectivity index (χ0v) is 32.0. The van der Waals surface area contributed by atoms with Crippen molar-refractivity contribution in [3.05, 3.63) is 217 Å². The van der Waals surface area contributed by atoms with Crippen LogP contribution >= 0.6 is 0 Å². The fourth-order valence-corrected chi connectivity index (χ4v) is 9.39. The number of para-hydroxylation sites is 2. The van der Waals surface area contributed by atoms with Crippen molar-refractivity contribution < 1.29 is 0 Å². The van der Waals surface area contributed by atoms with E-state index in [1.54, 1.807) is 0 Å². The first-order valence-electron chi connectivity index (χ1n) is 19.8. The van der Waals surface area contributed by atoms with E-state index in [2.05, 4.69) is 230 Å². The SMILES string of the molecule is CC1(C)c2ccccc2-c2ccc(N(c3ccc(-c4ccccc4)cc3)c3cccc(-c4cc(-n5c6ccccc6c6ccccc65)cc5ccccc45)c3)cc21. The minimum atomic E-state index is -0.112. The monoisotopic (exact) mass is 728 g/mol. The molecule has 1 aliphatic rings. The van der Waals surface area contributed by atoms with E-state index in [0.717, 1.165) is 22.7 Å². The molecule has 0 atom stereocenters. The van der Waals surface area contributed by atoms with E-state index in [1.165, 1.54) is 77.1 Å². The number of fused-ring (bicyclic) bond motifs is 7. The Balaban J connectivity index is 1.10. The van der Waals surface area contributed by atoms with E-state index in [0.29, 0.717) is 0 Å². The van der Waals surface area contributed by atoms with E-state index in [9.17, 15) is 0 Å². The normalized spacial score (nSPS) is 12.9. The number of hydrogen-bond acceptors (Lipinski definition) is 1. The van der Waals surface area contributed by atoms with Gasteiger partial charge in [0.2, 0.25) is 0 Å². The fourth-order valence-electron chi connectivity index (χ4n) is 9.39. The highest BCUT2D eigenvalue weighted by Gasteiger charge is 2.35. The molecule has 1 aromatic heterocycles. The third-order valence-corrected chi connectivity index (χ3v) is 12.2. The molecule has 2 heteroatoms. The predicted octanol–water partition coefficient (Wildman–Crippen LogP) is 15.0. The van der Waals surface area contributed by atoms with Gasteiger partial charge in [0.25, 0.3) is 0 Å². The Morgan fingerprint density at radius 2 is 0.947 bits per heavy atom. The average Bonchev–Trinajstić information content (AvgIpc) is 3.72. The molecular formula is C55H40N2. The van der Waals surface area contributed by atoms with Crippen LogP contribution in [0, 0.1) is 0 Å². The lowest BCUT2D eigenvalue weighted by molar-refractivity contribution is 0.660. The summed E-state index contributed by atoms with van der Waals surface area (Å²) >= 11 is 0. The molecule has 57 heavy (non-hydrogen) atoms. The largest absolute Gasteiger partial charge is 0.310 e. The third kappa shape index (κ3) is 5.33. The molecule has 0 saturated heterocycles. The van der Waals surface area contributed by atoms with Crippen molar-refractivity contribution in [2.45, 2.75) is 19.3 Å². The molecule has 9 aromatic carbocycles. The summed E-state index contributed by atoms with van der Waals surface area (Å²) in [5, 5.41) is 4.97. The molecule has 11 rings (SSSR count). The van der Waals surface area contributed by atoms with Crippen molar-refractivity contribution >= 4 is 49.6 Å². The van der Waals surface area contributed by atoms with Gasteiger partial charge in [-0.1, -0.05) is 159 Å². The number of rotatable bonds is 6.